The molecule has 3 rings (SSSR count). The molecule has 122 valence electrons. The molecule has 0 unspecified atom stereocenters. The van der Waals surface area contributed by atoms with Crippen LogP contribution in [0.5, 0.6) is 11.5 Å². The van der Waals surface area contributed by atoms with Crippen LogP contribution in [0.3, 0.4) is 0 Å². The summed E-state index contributed by atoms with van der Waals surface area (Å²) in [6.45, 7) is 0.238. The monoisotopic (exact) mass is 322 g/mol. The maximum atomic E-state index is 9.64. The Bertz CT molecular complexity index is 905. The van der Waals surface area contributed by atoms with Gasteiger partial charge in [-0.15, -0.1) is 0 Å². The van der Waals surface area contributed by atoms with E-state index < -0.39 is 0 Å². The Morgan fingerprint density at radius 2 is 1.83 bits per heavy atom. The van der Waals surface area contributed by atoms with Gasteiger partial charge in [0.1, 0.15) is 24.2 Å². The van der Waals surface area contributed by atoms with E-state index in [1.54, 1.807) is 7.11 Å². The minimum Gasteiger partial charge on any atom is -0.497 e. The Balaban J connectivity index is 2.11. The number of aromatic nitrogens is 1. The molecular weight excluding hydrogens is 304 g/mol. The van der Waals surface area contributed by atoms with E-state index in [0.29, 0.717) is 11.3 Å². The van der Waals surface area contributed by atoms with Crippen LogP contribution < -0.4 is 9.47 Å². The second-order valence-electron chi connectivity index (χ2n) is 5.37. The quantitative estimate of drug-likeness (QED) is 0.784. The van der Waals surface area contributed by atoms with E-state index >= 15 is 0 Å². The van der Waals surface area contributed by atoms with Crippen molar-refractivity contribution in [2.45, 2.75) is 0 Å². The molecule has 24 heavy (non-hydrogen) atoms. The Hall–Kier alpha value is -2.97. The van der Waals surface area contributed by atoms with Gasteiger partial charge < -0.3 is 19.1 Å². The highest BCUT2D eigenvalue weighted by Crippen LogP contribution is 2.34. The van der Waals surface area contributed by atoms with Crippen molar-refractivity contribution in [2.75, 3.05) is 20.3 Å². The minimum atomic E-state index is -0.0225. The summed E-state index contributed by atoms with van der Waals surface area (Å²) in [5.74, 6) is 1.44. The van der Waals surface area contributed by atoms with Crippen molar-refractivity contribution in [1.82, 2.24) is 4.57 Å². The third kappa shape index (κ3) is 2.68. The SMILES string of the molecule is COc1ccc2c(C#N)c(-c3ccc(OCCO)cc3)n(C)c2c1. The number of ether oxygens (including phenoxy) is 2. The van der Waals surface area contributed by atoms with Gasteiger partial charge in [-0.05, 0) is 42.0 Å². The number of methoxy groups -OCH3 is 1. The van der Waals surface area contributed by atoms with Gasteiger partial charge in [0.25, 0.3) is 0 Å². The number of hydrogen-bond acceptors (Lipinski definition) is 4. The second kappa shape index (κ2) is 6.65. The molecule has 5 heteroatoms. The normalized spacial score (nSPS) is 10.6. The highest BCUT2D eigenvalue weighted by atomic mass is 16.5. The first-order valence-corrected chi connectivity index (χ1v) is 7.60. The van der Waals surface area contributed by atoms with Crippen molar-refractivity contribution < 1.29 is 14.6 Å². The van der Waals surface area contributed by atoms with Crippen LogP contribution in [-0.2, 0) is 7.05 Å². The first-order valence-electron chi connectivity index (χ1n) is 7.60. The molecule has 1 aromatic heterocycles. The van der Waals surface area contributed by atoms with Gasteiger partial charge in [0.05, 0.1) is 30.5 Å². The number of hydrogen-bond donors (Lipinski definition) is 1. The Kier molecular flexibility index (Phi) is 4.41. The lowest BCUT2D eigenvalue weighted by atomic mass is 10.1. The molecule has 0 saturated heterocycles. The first-order chi connectivity index (χ1) is 11.7. The largest absolute Gasteiger partial charge is 0.497 e. The lowest BCUT2D eigenvalue weighted by Crippen LogP contribution is -2.01. The number of rotatable bonds is 5. The first kappa shape index (κ1) is 15.9. The van der Waals surface area contributed by atoms with Crippen LogP contribution in [0.25, 0.3) is 22.2 Å². The van der Waals surface area contributed by atoms with E-state index in [1.165, 1.54) is 0 Å². The van der Waals surface area contributed by atoms with Crippen LogP contribution in [0.2, 0.25) is 0 Å². The summed E-state index contributed by atoms with van der Waals surface area (Å²) in [6.07, 6.45) is 0. The fourth-order valence-electron chi connectivity index (χ4n) is 2.87. The maximum Gasteiger partial charge on any atom is 0.120 e. The lowest BCUT2D eigenvalue weighted by molar-refractivity contribution is 0.201. The van der Waals surface area contributed by atoms with Gasteiger partial charge in [-0.3, -0.25) is 0 Å². The average molecular weight is 322 g/mol. The van der Waals surface area contributed by atoms with Crippen molar-refractivity contribution in [2.24, 2.45) is 7.05 Å². The molecule has 0 atom stereocenters. The minimum absolute atomic E-state index is 0.0225. The zero-order chi connectivity index (χ0) is 17.1. The molecule has 0 aliphatic carbocycles. The molecule has 2 aromatic carbocycles. The molecule has 3 aromatic rings. The van der Waals surface area contributed by atoms with Gasteiger partial charge in [-0.1, -0.05) is 0 Å². The Labute approximate surface area is 140 Å². The molecule has 0 spiro atoms. The third-order valence-electron chi connectivity index (χ3n) is 4.01. The number of benzene rings is 2. The number of aryl methyl sites for hydroxylation is 1. The van der Waals surface area contributed by atoms with Crippen LogP contribution in [0.4, 0.5) is 0 Å². The van der Waals surface area contributed by atoms with Gasteiger partial charge in [0, 0.05) is 18.5 Å². The summed E-state index contributed by atoms with van der Waals surface area (Å²) in [5.41, 5.74) is 3.37. The molecular formula is C19H18N2O3. The Morgan fingerprint density at radius 1 is 1.12 bits per heavy atom. The van der Waals surface area contributed by atoms with Crippen LogP contribution in [0.15, 0.2) is 42.5 Å². The molecule has 1 N–H and O–H groups in total. The van der Waals surface area contributed by atoms with Gasteiger partial charge in [-0.2, -0.15) is 5.26 Å². The molecule has 0 aliphatic rings. The summed E-state index contributed by atoms with van der Waals surface area (Å²) in [5, 5.41) is 19.4. The predicted molar refractivity (Wildman–Crippen MR) is 92.2 cm³/mol. The number of nitriles is 1. The molecule has 0 saturated carbocycles. The summed E-state index contributed by atoms with van der Waals surface area (Å²) < 4.78 is 12.7. The molecule has 0 radical (unpaired) electrons. The van der Waals surface area contributed by atoms with Crippen LogP contribution >= 0.6 is 0 Å². The van der Waals surface area contributed by atoms with Gasteiger partial charge in [-0.25, -0.2) is 0 Å². The van der Waals surface area contributed by atoms with Crippen LogP contribution in [-0.4, -0.2) is 30.0 Å². The zero-order valence-electron chi connectivity index (χ0n) is 13.6. The lowest BCUT2D eigenvalue weighted by Gasteiger charge is -2.08. The highest BCUT2D eigenvalue weighted by Gasteiger charge is 2.17. The van der Waals surface area contributed by atoms with E-state index in [9.17, 15) is 5.26 Å². The van der Waals surface area contributed by atoms with Crippen LogP contribution in [0, 0.1) is 11.3 Å². The van der Waals surface area contributed by atoms with Crippen molar-refractivity contribution in [1.29, 1.82) is 5.26 Å². The van der Waals surface area contributed by atoms with Crippen molar-refractivity contribution in [3.8, 4) is 28.8 Å². The van der Waals surface area contributed by atoms with Crippen LogP contribution in [0.1, 0.15) is 5.56 Å². The van der Waals surface area contributed by atoms with E-state index in [2.05, 4.69) is 6.07 Å². The average Bonchev–Trinajstić information content (AvgIpc) is 2.91. The summed E-state index contributed by atoms with van der Waals surface area (Å²) in [7, 11) is 3.56. The Morgan fingerprint density at radius 3 is 2.46 bits per heavy atom. The molecule has 0 amide bonds. The number of fused-ring (bicyclic) bond motifs is 1. The number of aliphatic hydroxyl groups excluding tert-OH is 1. The van der Waals surface area contributed by atoms with Crippen molar-refractivity contribution in [3.63, 3.8) is 0 Å². The van der Waals surface area contributed by atoms with Gasteiger partial charge in [0.2, 0.25) is 0 Å². The highest BCUT2D eigenvalue weighted by molar-refractivity contribution is 5.95. The maximum absolute atomic E-state index is 9.64. The number of nitrogens with zero attached hydrogens (tertiary/aromatic N) is 2. The van der Waals surface area contributed by atoms with Gasteiger partial charge >= 0.3 is 0 Å². The van der Waals surface area contributed by atoms with Gasteiger partial charge in [0.15, 0.2) is 0 Å². The fraction of sp³-hybridized carbons (Fsp3) is 0.211. The third-order valence-corrected chi connectivity index (χ3v) is 4.01. The fourth-order valence-corrected chi connectivity index (χ4v) is 2.87. The van der Waals surface area contributed by atoms with Crippen molar-refractivity contribution in [3.05, 3.63) is 48.0 Å². The predicted octanol–water partition coefficient (Wildman–Crippen LogP) is 3.10. The van der Waals surface area contributed by atoms with Crippen molar-refractivity contribution >= 4 is 10.9 Å². The molecule has 0 fully saturated rings. The summed E-state index contributed by atoms with van der Waals surface area (Å²) >= 11 is 0. The number of aliphatic hydroxyl groups is 1. The molecule has 1 heterocycles. The molecule has 0 bridgehead atoms. The summed E-state index contributed by atoms with van der Waals surface area (Å²) in [4.78, 5) is 0. The molecule has 0 aliphatic heterocycles. The zero-order valence-corrected chi connectivity index (χ0v) is 13.6. The van der Waals surface area contributed by atoms with E-state index in [0.717, 1.165) is 27.9 Å². The molecule has 5 nitrogen and oxygen atoms in total. The topological polar surface area (TPSA) is 67.4 Å². The van der Waals surface area contributed by atoms with E-state index in [4.69, 9.17) is 14.6 Å². The smallest absolute Gasteiger partial charge is 0.120 e. The van der Waals surface area contributed by atoms with E-state index in [-0.39, 0.29) is 13.2 Å². The standard InChI is InChI=1S/C19H18N2O3/c1-21-18-11-15(23-2)7-8-16(18)17(12-20)19(21)13-3-5-14(6-4-13)24-10-9-22/h3-8,11,22H,9-10H2,1-2H3. The van der Waals surface area contributed by atoms with E-state index in [1.807, 2.05) is 54.1 Å². The second-order valence-corrected chi connectivity index (χ2v) is 5.37. The summed E-state index contributed by atoms with van der Waals surface area (Å²) in [6, 6.07) is 15.5.